The number of furan rings is 1. The maximum absolute atomic E-state index is 13.9. The lowest BCUT2D eigenvalue weighted by Gasteiger charge is -2.53. The summed E-state index contributed by atoms with van der Waals surface area (Å²) in [6.45, 7) is 4.33. The third-order valence-electron chi connectivity index (χ3n) is 7.42. The van der Waals surface area contributed by atoms with Crippen LogP contribution in [0, 0.1) is 5.92 Å². The Labute approximate surface area is 228 Å². The number of rotatable bonds is 11. The molecule has 2 aliphatic rings. The summed E-state index contributed by atoms with van der Waals surface area (Å²) in [5.74, 6) is 0.224. The maximum Gasteiger partial charge on any atom is 0.411 e. The lowest BCUT2D eigenvalue weighted by atomic mass is 9.84. The van der Waals surface area contributed by atoms with Gasteiger partial charge in [-0.15, -0.1) is 0 Å². The highest BCUT2D eigenvalue weighted by Crippen LogP contribution is 2.40. The highest BCUT2D eigenvalue weighted by Gasteiger charge is 2.58. The summed E-state index contributed by atoms with van der Waals surface area (Å²) in [6.07, 6.45) is 2.63. The maximum atomic E-state index is 13.9. The molecule has 3 aromatic rings. The Morgan fingerprint density at radius 3 is 2.38 bits per heavy atom. The van der Waals surface area contributed by atoms with E-state index in [0.717, 1.165) is 16.9 Å². The zero-order chi connectivity index (χ0) is 27.4. The molecule has 0 N–H and O–H groups in total. The minimum Gasteiger partial charge on any atom is -0.469 e. The van der Waals surface area contributed by atoms with Gasteiger partial charge in [0.25, 0.3) is 0 Å². The van der Waals surface area contributed by atoms with E-state index in [4.69, 9.17) is 13.9 Å². The Morgan fingerprint density at radius 2 is 1.72 bits per heavy atom. The number of aryl methyl sites for hydroxylation is 1. The summed E-state index contributed by atoms with van der Waals surface area (Å²) in [5.41, 5.74) is 1.78. The molecule has 2 aliphatic heterocycles. The summed E-state index contributed by atoms with van der Waals surface area (Å²) < 4.78 is 16.7. The van der Waals surface area contributed by atoms with Crippen molar-refractivity contribution in [1.29, 1.82) is 0 Å². The van der Waals surface area contributed by atoms with Crippen molar-refractivity contribution in [3.8, 4) is 0 Å². The number of ether oxygens (including phenoxy) is 2. The highest BCUT2D eigenvalue weighted by molar-refractivity contribution is 5.96. The van der Waals surface area contributed by atoms with E-state index in [1.165, 1.54) is 0 Å². The highest BCUT2D eigenvalue weighted by atomic mass is 16.6. The van der Waals surface area contributed by atoms with Crippen molar-refractivity contribution < 1.29 is 28.3 Å². The number of cyclic esters (lactones) is 1. The van der Waals surface area contributed by atoms with E-state index < -0.39 is 30.2 Å². The van der Waals surface area contributed by atoms with E-state index in [9.17, 15) is 14.4 Å². The summed E-state index contributed by atoms with van der Waals surface area (Å²) >= 11 is 0. The summed E-state index contributed by atoms with van der Waals surface area (Å²) in [7, 11) is 0. The molecule has 2 fully saturated rings. The van der Waals surface area contributed by atoms with Crippen LogP contribution in [0.1, 0.15) is 49.6 Å². The van der Waals surface area contributed by atoms with Crippen LogP contribution >= 0.6 is 0 Å². The lowest BCUT2D eigenvalue weighted by Crippen LogP contribution is -2.74. The number of β-lactam (4-membered cyclic amide) rings is 1. The monoisotopic (exact) mass is 530 g/mol. The van der Waals surface area contributed by atoms with Gasteiger partial charge >= 0.3 is 12.1 Å². The molecule has 0 spiro atoms. The van der Waals surface area contributed by atoms with Crippen LogP contribution in [0.4, 0.5) is 4.79 Å². The standard InChI is InChI=1S/C31H34N2O6/c1-21(2)18-26(30(35)38-19-22-10-5-3-6-11-22)32-25(16-15-24-14-9-17-37-24)28(29(32)34)33-27(20-39-31(33)36)23-12-7-4-8-13-23/h3-14,17,21,25-28H,15-16,18-20H2,1-2H3/t25?,26?,27-,28?/m0/s1. The molecule has 2 aromatic carbocycles. The zero-order valence-electron chi connectivity index (χ0n) is 22.3. The van der Waals surface area contributed by atoms with Gasteiger partial charge in [0.15, 0.2) is 0 Å². The third kappa shape index (κ3) is 5.70. The van der Waals surface area contributed by atoms with E-state index >= 15 is 0 Å². The third-order valence-corrected chi connectivity index (χ3v) is 7.42. The first-order chi connectivity index (χ1) is 18.9. The molecule has 1 aromatic heterocycles. The number of esters is 1. The molecule has 0 radical (unpaired) electrons. The topological polar surface area (TPSA) is 89.3 Å². The summed E-state index contributed by atoms with van der Waals surface area (Å²) in [4.78, 5) is 43.5. The molecule has 2 saturated heterocycles. The first-order valence-electron chi connectivity index (χ1n) is 13.5. The van der Waals surface area contributed by atoms with Gasteiger partial charge in [-0.3, -0.25) is 9.69 Å². The van der Waals surface area contributed by atoms with Gasteiger partial charge in [0.05, 0.1) is 18.3 Å². The average molecular weight is 531 g/mol. The van der Waals surface area contributed by atoms with Gasteiger partial charge in [0, 0.05) is 6.42 Å². The second-order valence-corrected chi connectivity index (χ2v) is 10.5. The van der Waals surface area contributed by atoms with E-state index in [-0.39, 0.29) is 31.1 Å². The molecule has 3 unspecified atom stereocenters. The van der Waals surface area contributed by atoms with Crippen molar-refractivity contribution in [3.05, 3.63) is 95.9 Å². The Kier molecular flexibility index (Phi) is 8.00. The molecular weight excluding hydrogens is 496 g/mol. The first-order valence-corrected chi connectivity index (χ1v) is 13.5. The van der Waals surface area contributed by atoms with E-state index in [2.05, 4.69) is 0 Å². The van der Waals surface area contributed by atoms with Gasteiger partial charge in [-0.1, -0.05) is 74.5 Å². The normalized spacial score (nSPS) is 21.6. The van der Waals surface area contributed by atoms with Crippen molar-refractivity contribution >= 4 is 18.0 Å². The van der Waals surface area contributed by atoms with Crippen LogP contribution in [0.25, 0.3) is 0 Å². The SMILES string of the molecule is CC(C)CC(C(=O)OCc1ccccc1)N1C(=O)C(N2C(=O)OC[C@H]2c2ccccc2)C1CCc1ccco1. The van der Waals surface area contributed by atoms with Crippen molar-refractivity contribution in [2.24, 2.45) is 5.92 Å². The van der Waals surface area contributed by atoms with Crippen molar-refractivity contribution in [1.82, 2.24) is 9.80 Å². The molecule has 0 saturated carbocycles. The van der Waals surface area contributed by atoms with Gasteiger partial charge in [-0.25, -0.2) is 9.59 Å². The number of amides is 2. The van der Waals surface area contributed by atoms with E-state index in [0.29, 0.717) is 19.3 Å². The second kappa shape index (κ2) is 11.8. The predicted molar refractivity (Wildman–Crippen MR) is 143 cm³/mol. The fourth-order valence-corrected chi connectivity index (χ4v) is 5.55. The van der Waals surface area contributed by atoms with Crippen molar-refractivity contribution in [3.63, 3.8) is 0 Å². The molecule has 8 heteroatoms. The molecule has 39 heavy (non-hydrogen) atoms. The number of nitrogens with zero attached hydrogens (tertiary/aromatic N) is 2. The van der Waals surface area contributed by atoms with Crippen LogP contribution in [0.15, 0.2) is 83.5 Å². The number of carbonyl (C=O) groups is 3. The first kappa shape index (κ1) is 26.5. The fourth-order valence-electron chi connectivity index (χ4n) is 5.55. The minimum atomic E-state index is -0.757. The summed E-state index contributed by atoms with van der Waals surface area (Å²) in [6, 6.07) is 20.5. The Balaban J connectivity index is 1.41. The largest absolute Gasteiger partial charge is 0.469 e. The van der Waals surface area contributed by atoms with Gasteiger partial charge in [-0.05, 0) is 42.0 Å². The van der Waals surface area contributed by atoms with Crippen molar-refractivity contribution in [2.45, 2.75) is 63.9 Å². The lowest BCUT2D eigenvalue weighted by molar-refractivity contribution is -0.175. The second-order valence-electron chi connectivity index (χ2n) is 10.5. The van der Waals surface area contributed by atoms with Crippen LogP contribution in [-0.2, 0) is 32.1 Å². The number of hydrogen-bond acceptors (Lipinski definition) is 6. The van der Waals surface area contributed by atoms with Crippen LogP contribution < -0.4 is 0 Å². The van der Waals surface area contributed by atoms with Gasteiger partial charge in [0.1, 0.15) is 31.1 Å². The molecule has 0 bridgehead atoms. The van der Waals surface area contributed by atoms with E-state index in [1.807, 2.05) is 86.6 Å². The molecule has 0 aliphatic carbocycles. The van der Waals surface area contributed by atoms with Crippen LogP contribution in [-0.4, -0.2) is 52.5 Å². The Bertz CT molecular complexity index is 1260. The predicted octanol–water partition coefficient (Wildman–Crippen LogP) is 5.14. The van der Waals surface area contributed by atoms with Crippen molar-refractivity contribution in [2.75, 3.05) is 6.61 Å². The Hall–Kier alpha value is -4.07. The molecular formula is C31H34N2O6. The summed E-state index contributed by atoms with van der Waals surface area (Å²) in [5, 5.41) is 0. The molecule has 204 valence electrons. The smallest absolute Gasteiger partial charge is 0.411 e. The van der Waals surface area contributed by atoms with Crippen LogP contribution in [0.2, 0.25) is 0 Å². The van der Waals surface area contributed by atoms with Crippen LogP contribution in [0.3, 0.4) is 0 Å². The number of carbonyl (C=O) groups excluding carboxylic acids is 3. The quantitative estimate of drug-likeness (QED) is 0.252. The molecule has 4 atom stereocenters. The number of hydrogen-bond donors (Lipinski definition) is 0. The van der Waals surface area contributed by atoms with Gasteiger partial charge in [0.2, 0.25) is 5.91 Å². The molecule has 8 nitrogen and oxygen atoms in total. The number of benzene rings is 2. The number of likely N-dealkylation sites (tertiary alicyclic amines) is 1. The van der Waals surface area contributed by atoms with Gasteiger partial charge in [-0.2, -0.15) is 0 Å². The molecule has 2 amide bonds. The fraction of sp³-hybridized carbons (Fsp3) is 0.387. The average Bonchev–Trinajstić information content (AvgIpc) is 3.60. The van der Waals surface area contributed by atoms with Crippen LogP contribution in [0.5, 0.6) is 0 Å². The molecule has 3 heterocycles. The zero-order valence-corrected chi connectivity index (χ0v) is 22.3. The minimum absolute atomic E-state index is 0.130. The Morgan fingerprint density at radius 1 is 1.00 bits per heavy atom. The van der Waals surface area contributed by atoms with E-state index in [1.54, 1.807) is 16.1 Å². The molecule has 5 rings (SSSR count). The van der Waals surface area contributed by atoms with Gasteiger partial charge < -0.3 is 18.8 Å².